The molecule has 0 spiro atoms. The molecule has 1 heterocycles. The summed E-state index contributed by atoms with van der Waals surface area (Å²) < 4.78 is 25.4. The van der Waals surface area contributed by atoms with Gasteiger partial charge in [0.05, 0.1) is 18.8 Å². The molecule has 3 atom stereocenters. The molecule has 132 valence electrons. The van der Waals surface area contributed by atoms with Gasteiger partial charge in [0.1, 0.15) is 5.82 Å². The highest BCUT2D eigenvalue weighted by Crippen LogP contribution is 2.43. The summed E-state index contributed by atoms with van der Waals surface area (Å²) in [7, 11) is 0. The van der Waals surface area contributed by atoms with Gasteiger partial charge in [0, 0.05) is 5.92 Å². The minimum atomic E-state index is -0.762. The average Bonchev–Trinajstić information content (AvgIpc) is 2.87. The number of ether oxygens (including phenoxy) is 2. The van der Waals surface area contributed by atoms with Crippen LogP contribution in [0.2, 0.25) is 0 Å². The molecule has 1 aliphatic carbocycles. The van der Waals surface area contributed by atoms with E-state index in [0.29, 0.717) is 25.0 Å². The standard InChI is InChI=1S/C21H23FO3/c1-21(2)24-12-16(25-21)11-19-17-6-4-3-5-13(17)9-14-7-8-15(22)10-18(14)20(19)23/h3-8,10,16,19-20,23H,9,11-12H2,1-2H3/t16-,19-,20+/m1/s1. The van der Waals surface area contributed by atoms with Crippen LogP contribution in [0.3, 0.4) is 0 Å². The molecule has 0 bridgehead atoms. The van der Waals surface area contributed by atoms with E-state index in [1.807, 2.05) is 26.0 Å². The highest BCUT2D eigenvalue weighted by molar-refractivity contribution is 5.44. The Morgan fingerprint density at radius 2 is 1.88 bits per heavy atom. The Kier molecular flexibility index (Phi) is 4.14. The molecule has 1 aliphatic heterocycles. The number of aliphatic hydroxyl groups excluding tert-OH is 1. The van der Waals surface area contributed by atoms with Crippen molar-refractivity contribution in [3.05, 3.63) is 70.5 Å². The maximum Gasteiger partial charge on any atom is 0.163 e. The van der Waals surface area contributed by atoms with Crippen LogP contribution < -0.4 is 0 Å². The lowest BCUT2D eigenvalue weighted by molar-refractivity contribution is -0.140. The molecule has 4 heteroatoms. The second kappa shape index (κ2) is 6.20. The van der Waals surface area contributed by atoms with Crippen LogP contribution in [0.1, 0.15) is 54.5 Å². The van der Waals surface area contributed by atoms with Crippen molar-refractivity contribution in [2.75, 3.05) is 6.61 Å². The van der Waals surface area contributed by atoms with Gasteiger partial charge in [-0.25, -0.2) is 4.39 Å². The van der Waals surface area contributed by atoms with E-state index >= 15 is 0 Å². The quantitative estimate of drug-likeness (QED) is 0.893. The smallest absolute Gasteiger partial charge is 0.163 e. The van der Waals surface area contributed by atoms with E-state index in [2.05, 4.69) is 12.1 Å². The first-order valence-corrected chi connectivity index (χ1v) is 8.79. The Balaban J connectivity index is 1.73. The minimum Gasteiger partial charge on any atom is -0.388 e. The van der Waals surface area contributed by atoms with Crippen molar-refractivity contribution in [1.82, 2.24) is 0 Å². The maximum absolute atomic E-state index is 13.8. The van der Waals surface area contributed by atoms with Crippen molar-refractivity contribution in [2.24, 2.45) is 0 Å². The molecule has 1 fully saturated rings. The van der Waals surface area contributed by atoms with E-state index in [9.17, 15) is 9.50 Å². The van der Waals surface area contributed by atoms with Gasteiger partial charge in [0.15, 0.2) is 5.79 Å². The van der Waals surface area contributed by atoms with Gasteiger partial charge >= 0.3 is 0 Å². The zero-order valence-electron chi connectivity index (χ0n) is 14.5. The first-order chi connectivity index (χ1) is 11.9. The summed E-state index contributed by atoms with van der Waals surface area (Å²) in [5, 5.41) is 11.1. The molecule has 0 amide bonds. The topological polar surface area (TPSA) is 38.7 Å². The second-order valence-corrected chi connectivity index (χ2v) is 7.46. The number of fused-ring (bicyclic) bond motifs is 2. The van der Waals surface area contributed by atoms with Crippen LogP contribution in [0.15, 0.2) is 42.5 Å². The number of hydrogen-bond acceptors (Lipinski definition) is 3. The molecular formula is C21H23FO3. The molecule has 2 aromatic carbocycles. The number of benzene rings is 2. The lowest BCUT2D eigenvalue weighted by Crippen LogP contribution is -2.24. The van der Waals surface area contributed by atoms with E-state index in [4.69, 9.17) is 9.47 Å². The number of halogens is 1. The monoisotopic (exact) mass is 342 g/mol. The van der Waals surface area contributed by atoms with Crippen molar-refractivity contribution in [2.45, 2.75) is 50.6 Å². The number of hydrogen-bond donors (Lipinski definition) is 1. The van der Waals surface area contributed by atoms with Gasteiger partial charge in [-0.05, 0) is 61.1 Å². The third-order valence-corrected chi connectivity index (χ3v) is 5.23. The molecule has 2 aromatic rings. The highest BCUT2D eigenvalue weighted by atomic mass is 19.1. The summed E-state index contributed by atoms with van der Waals surface area (Å²) in [5.41, 5.74) is 3.95. The first kappa shape index (κ1) is 16.7. The SMILES string of the molecule is CC1(C)OC[C@@H](C[C@@H]2c3ccccc3Cc3ccc(F)cc3[C@@H]2O)O1. The Morgan fingerprint density at radius 3 is 2.64 bits per heavy atom. The largest absolute Gasteiger partial charge is 0.388 e. The minimum absolute atomic E-state index is 0.0854. The van der Waals surface area contributed by atoms with Gasteiger partial charge in [-0.1, -0.05) is 30.3 Å². The molecule has 25 heavy (non-hydrogen) atoms. The molecule has 1 saturated heterocycles. The van der Waals surface area contributed by atoms with Gasteiger partial charge in [-0.2, -0.15) is 0 Å². The Bertz CT molecular complexity index is 786. The molecule has 0 aromatic heterocycles. The Hall–Kier alpha value is -1.75. The zero-order valence-corrected chi connectivity index (χ0v) is 14.5. The lowest BCUT2D eigenvalue weighted by atomic mass is 9.85. The highest BCUT2D eigenvalue weighted by Gasteiger charge is 2.38. The van der Waals surface area contributed by atoms with Crippen LogP contribution >= 0.6 is 0 Å². The number of rotatable bonds is 2. The maximum atomic E-state index is 13.8. The fourth-order valence-electron chi connectivity index (χ4n) is 4.07. The van der Waals surface area contributed by atoms with Crippen LogP contribution in [0.4, 0.5) is 4.39 Å². The summed E-state index contributed by atoms with van der Waals surface area (Å²) >= 11 is 0. The molecule has 2 aliphatic rings. The molecule has 1 N–H and O–H groups in total. The summed E-state index contributed by atoms with van der Waals surface area (Å²) in [4.78, 5) is 0. The third kappa shape index (κ3) is 3.22. The van der Waals surface area contributed by atoms with Crippen molar-refractivity contribution >= 4 is 0 Å². The van der Waals surface area contributed by atoms with Crippen LogP contribution in [0.5, 0.6) is 0 Å². The lowest BCUT2D eigenvalue weighted by Gasteiger charge is -2.26. The Morgan fingerprint density at radius 1 is 1.12 bits per heavy atom. The first-order valence-electron chi connectivity index (χ1n) is 8.79. The van der Waals surface area contributed by atoms with Crippen LogP contribution in [0.25, 0.3) is 0 Å². The van der Waals surface area contributed by atoms with E-state index in [0.717, 1.165) is 11.1 Å². The van der Waals surface area contributed by atoms with E-state index in [-0.39, 0.29) is 17.8 Å². The molecule has 0 saturated carbocycles. The fraction of sp³-hybridized carbons (Fsp3) is 0.429. The van der Waals surface area contributed by atoms with Crippen molar-refractivity contribution in [3.8, 4) is 0 Å². The molecule has 4 rings (SSSR count). The van der Waals surface area contributed by atoms with Gasteiger partial charge in [0.25, 0.3) is 0 Å². The molecule has 3 nitrogen and oxygen atoms in total. The van der Waals surface area contributed by atoms with E-state index in [1.165, 1.54) is 17.7 Å². The predicted octanol–water partition coefficient (Wildman–Crippen LogP) is 4.09. The Labute approximate surface area is 147 Å². The van der Waals surface area contributed by atoms with Crippen LogP contribution in [0, 0.1) is 5.82 Å². The second-order valence-electron chi connectivity index (χ2n) is 7.46. The summed E-state index contributed by atoms with van der Waals surface area (Å²) in [6.07, 6.45) is 0.490. The average molecular weight is 342 g/mol. The van der Waals surface area contributed by atoms with Crippen LogP contribution in [-0.4, -0.2) is 23.6 Å². The summed E-state index contributed by atoms with van der Waals surface area (Å²) in [5.74, 6) is -1.06. The van der Waals surface area contributed by atoms with Crippen molar-refractivity contribution in [1.29, 1.82) is 0 Å². The summed E-state index contributed by atoms with van der Waals surface area (Å²) in [6.45, 7) is 4.30. The molecule has 0 unspecified atom stereocenters. The third-order valence-electron chi connectivity index (χ3n) is 5.23. The van der Waals surface area contributed by atoms with Gasteiger partial charge in [-0.3, -0.25) is 0 Å². The zero-order chi connectivity index (χ0) is 17.6. The van der Waals surface area contributed by atoms with E-state index in [1.54, 1.807) is 6.07 Å². The van der Waals surface area contributed by atoms with Gasteiger partial charge < -0.3 is 14.6 Å². The van der Waals surface area contributed by atoms with E-state index < -0.39 is 11.9 Å². The van der Waals surface area contributed by atoms with Crippen LogP contribution in [-0.2, 0) is 15.9 Å². The number of aliphatic hydroxyl groups is 1. The van der Waals surface area contributed by atoms with Crippen molar-refractivity contribution in [3.63, 3.8) is 0 Å². The normalized spacial score (nSPS) is 27.4. The fourth-order valence-corrected chi connectivity index (χ4v) is 4.07. The van der Waals surface area contributed by atoms with Gasteiger partial charge in [-0.15, -0.1) is 0 Å². The summed E-state index contributed by atoms with van der Waals surface area (Å²) in [6, 6.07) is 12.9. The molecule has 0 radical (unpaired) electrons. The van der Waals surface area contributed by atoms with Gasteiger partial charge in [0.2, 0.25) is 0 Å². The molecular weight excluding hydrogens is 319 g/mol. The van der Waals surface area contributed by atoms with Crippen molar-refractivity contribution < 1.29 is 19.0 Å². The predicted molar refractivity (Wildman–Crippen MR) is 92.9 cm³/mol.